The molecule has 396 valence electrons. The summed E-state index contributed by atoms with van der Waals surface area (Å²) < 4.78 is 0. The average Bonchev–Trinajstić information content (AvgIpc) is 3.76. The zero-order chi connectivity index (χ0) is 56.4. The standard InChI is InChI=1S/C83H49N3/c1-3-19-59-55(17-1)45-56-18-2-4-20-60(56)79(59)50-33-37-52(38-34-50)81-76-49-58(54-41-43-69-65-25-7-5-21-61(65)63-23-9-11-27-67(63)74(69)46-54)48-73(57-42-44-70-66-26-8-6-22-62(66)64-24-10-12-28-68(64)75(70)47-57)82(76)86-83(85-81)53-39-35-51(36-40-53)80-71-29-13-15-31-77(71)84-78-32-16-14-30-72(78)80/h1-49H. The molecule has 3 heteroatoms. The number of hydrogen-bond donors (Lipinski definition) is 0. The Labute approximate surface area is 495 Å². The molecule has 2 heterocycles. The molecule has 0 N–H and O–H groups in total. The maximum Gasteiger partial charge on any atom is 0.160 e. The maximum atomic E-state index is 5.77. The largest absolute Gasteiger partial charge is 0.248 e. The summed E-state index contributed by atoms with van der Waals surface area (Å²) in [5.41, 5.74) is 14.6. The lowest BCUT2D eigenvalue weighted by Crippen LogP contribution is -1.98. The van der Waals surface area contributed by atoms with E-state index in [9.17, 15) is 0 Å². The van der Waals surface area contributed by atoms with E-state index in [-0.39, 0.29) is 0 Å². The van der Waals surface area contributed by atoms with Crippen molar-refractivity contribution in [3.8, 4) is 67.2 Å². The number of nitrogens with zero attached hydrogens (tertiary/aromatic N) is 3. The quantitative estimate of drug-likeness (QED) is 0.123. The molecule has 0 unspecified atom stereocenters. The molecule has 0 amide bonds. The minimum Gasteiger partial charge on any atom is -0.248 e. The van der Waals surface area contributed by atoms with Gasteiger partial charge in [0.25, 0.3) is 0 Å². The van der Waals surface area contributed by atoms with Crippen molar-refractivity contribution in [2.24, 2.45) is 0 Å². The van der Waals surface area contributed by atoms with Gasteiger partial charge in [0.05, 0.1) is 22.2 Å². The van der Waals surface area contributed by atoms with Crippen LogP contribution in [0.15, 0.2) is 297 Å². The molecule has 0 aliphatic heterocycles. The van der Waals surface area contributed by atoms with Crippen LogP contribution in [0.4, 0.5) is 0 Å². The minimum atomic E-state index is 0.655. The zero-order valence-corrected chi connectivity index (χ0v) is 46.6. The van der Waals surface area contributed by atoms with Gasteiger partial charge < -0.3 is 0 Å². The molecule has 0 radical (unpaired) electrons. The predicted molar refractivity (Wildman–Crippen MR) is 365 cm³/mol. The second kappa shape index (κ2) is 19.1. The molecule has 2 aromatic heterocycles. The third-order valence-electron chi connectivity index (χ3n) is 18.2. The molecular formula is C83H49N3. The van der Waals surface area contributed by atoms with E-state index in [0.717, 1.165) is 82.9 Å². The molecule has 0 bridgehead atoms. The molecule has 18 aromatic rings. The molecule has 0 aliphatic carbocycles. The highest BCUT2D eigenvalue weighted by Gasteiger charge is 2.22. The first-order valence-corrected chi connectivity index (χ1v) is 29.6. The zero-order valence-electron chi connectivity index (χ0n) is 46.6. The molecule has 0 saturated heterocycles. The summed E-state index contributed by atoms with van der Waals surface area (Å²) in [6, 6.07) is 109. The fraction of sp³-hybridized carbons (Fsp3) is 0. The Morgan fingerprint density at radius 3 is 1.03 bits per heavy atom. The number of rotatable bonds is 6. The number of benzene rings is 16. The van der Waals surface area contributed by atoms with Gasteiger partial charge in [0, 0.05) is 38.4 Å². The molecule has 0 atom stereocenters. The van der Waals surface area contributed by atoms with E-state index < -0.39 is 0 Å². The van der Waals surface area contributed by atoms with E-state index in [1.165, 1.54) is 97.3 Å². The Kier molecular flexibility index (Phi) is 10.7. The maximum absolute atomic E-state index is 5.77. The fourth-order valence-electron chi connectivity index (χ4n) is 14.2. The molecule has 18 rings (SSSR count). The van der Waals surface area contributed by atoms with E-state index in [0.29, 0.717) is 5.82 Å². The van der Waals surface area contributed by atoms with Crippen molar-refractivity contribution in [3.05, 3.63) is 297 Å². The van der Waals surface area contributed by atoms with E-state index in [2.05, 4.69) is 297 Å². The fourth-order valence-corrected chi connectivity index (χ4v) is 14.2. The molecular weight excluding hydrogens is 1040 g/mol. The van der Waals surface area contributed by atoms with Crippen LogP contribution in [-0.4, -0.2) is 15.0 Å². The number of fused-ring (bicyclic) bond motifs is 17. The van der Waals surface area contributed by atoms with Gasteiger partial charge in [-0.3, -0.25) is 0 Å². The summed E-state index contributed by atoms with van der Waals surface area (Å²) >= 11 is 0. The first-order chi connectivity index (χ1) is 42.6. The Bertz CT molecular complexity index is 5710. The molecule has 0 saturated carbocycles. The first kappa shape index (κ1) is 48.2. The van der Waals surface area contributed by atoms with Crippen LogP contribution in [0.5, 0.6) is 0 Å². The van der Waals surface area contributed by atoms with Gasteiger partial charge >= 0.3 is 0 Å². The van der Waals surface area contributed by atoms with Crippen LogP contribution < -0.4 is 0 Å². The van der Waals surface area contributed by atoms with Crippen molar-refractivity contribution in [2.45, 2.75) is 0 Å². The smallest absolute Gasteiger partial charge is 0.160 e. The lowest BCUT2D eigenvalue weighted by Gasteiger charge is -2.18. The highest BCUT2D eigenvalue weighted by atomic mass is 14.9. The van der Waals surface area contributed by atoms with Crippen molar-refractivity contribution in [1.29, 1.82) is 0 Å². The molecule has 16 aromatic carbocycles. The van der Waals surface area contributed by atoms with Gasteiger partial charge in [0.2, 0.25) is 0 Å². The van der Waals surface area contributed by atoms with Gasteiger partial charge in [0.15, 0.2) is 5.82 Å². The van der Waals surface area contributed by atoms with Crippen LogP contribution in [0.3, 0.4) is 0 Å². The average molecular weight is 1090 g/mol. The second-order valence-corrected chi connectivity index (χ2v) is 22.9. The molecule has 86 heavy (non-hydrogen) atoms. The summed E-state index contributed by atoms with van der Waals surface area (Å²) in [5, 5.41) is 23.0. The van der Waals surface area contributed by atoms with Crippen molar-refractivity contribution in [2.75, 3.05) is 0 Å². The molecule has 0 fully saturated rings. The summed E-state index contributed by atoms with van der Waals surface area (Å²) in [7, 11) is 0. The second-order valence-electron chi connectivity index (χ2n) is 22.9. The van der Waals surface area contributed by atoms with Gasteiger partial charge in [-0.15, -0.1) is 0 Å². The molecule has 0 aliphatic rings. The van der Waals surface area contributed by atoms with Crippen LogP contribution in [-0.2, 0) is 0 Å². The Hall–Kier alpha value is -11.4. The van der Waals surface area contributed by atoms with Crippen LogP contribution in [0.1, 0.15) is 0 Å². The van der Waals surface area contributed by atoms with Gasteiger partial charge in [-0.1, -0.05) is 255 Å². The Morgan fingerprint density at radius 1 is 0.186 bits per heavy atom. The highest BCUT2D eigenvalue weighted by molar-refractivity contribution is 6.27. The lowest BCUT2D eigenvalue weighted by atomic mass is 9.88. The monoisotopic (exact) mass is 1090 g/mol. The third kappa shape index (κ3) is 7.51. The summed E-state index contributed by atoms with van der Waals surface area (Å²) in [4.78, 5) is 16.6. The third-order valence-corrected chi connectivity index (χ3v) is 18.2. The van der Waals surface area contributed by atoms with Crippen LogP contribution in [0.2, 0.25) is 0 Å². The van der Waals surface area contributed by atoms with Crippen molar-refractivity contribution < 1.29 is 0 Å². The summed E-state index contributed by atoms with van der Waals surface area (Å²) in [6.45, 7) is 0. The van der Waals surface area contributed by atoms with Crippen molar-refractivity contribution in [3.63, 3.8) is 0 Å². The molecule has 3 nitrogen and oxygen atoms in total. The Balaban J connectivity index is 0.910. The van der Waals surface area contributed by atoms with Gasteiger partial charge in [-0.25, -0.2) is 15.0 Å². The van der Waals surface area contributed by atoms with Crippen LogP contribution in [0.25, 0.3) is 186 Å². The van der Waals surface area contributed by atoms with Crippen LogP contribution in [0, 0.1) is 0 Å². The van der Waals surface area contributed by atoms with Crippen molar-refractivity contribution >= 4 is 119 Å². The van der Waals surface area contributed by atoms with Gasteiger partial charge in [-0.05, 0) is 162 Å². The topological polar surface area (TPSA) is 38.7 Å². The van der Waals surface area contributed by atoms with E-state index in [1.54, 1.807) is 0 Å². The van der Waals surface area contributed by atoms with Gasteiger partial charge in [0.1, 0.15) is 0 Å². The van der Waals surface area contributed by atoms with Crippen molar-refractivity contribution in [1.82, 2.24) is 15.0 Å². The van der Waals surface area contributed by atoms with Crippen LogP contribution >= 0.6 is 0 Å². The SMILES string of the molecule is c1ccc2c(-c3ccc(-c4nc(-c5ccc(-c6c7ccccc7nc7ccccc67)cc5)nc5c(-c6ccc7c8ccccc8c8ccccc8c7c6)cc(-c6ccc7c8ccccc8c8ccccc8c7c6)cc45)cc3)c3ccccc3cc2c1. The highest BCUT2D eigenvalue weighted by Crippen LogP contribution is 2.46. The predicted octanol–water partition coefficient (Wildman–Crippen LogP) is 22.6. The van der Waals surface area contributed by atoms with Gasteiger partial charge in [-0.2, -0.15) is 0 Å². The van der Waals surface area contributed by atoms with E-state index in [1.807, 2.05) is 0 Å². The number of hydrogen-bond acceptors (Lipinski definition) is 3. The Morgan fingerprint density at radius 2 is 0.535 bits per heavy atom. The summed E-state index contributed by atoms with van der Waals surface area (Å²) in [6.07, 6.45) is 0. The number of para-hydroxylation sites is 2. The first-order valence-electron chi connectivity index (χ1n) is 29.6. The molecule has 0 spiro atoms. The van der Waals surface area contributed by atoms with E-state index >= 15 is 0 Å². The lowest BCUT2D eigenvalue weighted by molar-refractivity contribution is 1.23. The minimum absolute atomic E-state index is 0.655. The number of aromatic nitrogens is 3. The normalized spacial score (nSPS) is 12.0. The number of pyridine rings is 1. The summed E-state index contributed by atoms with van der Waals surface area (Å²) in [5.74, 6) is 0.655. The van der Waals surface area contributed by atoms with E-state index in [4.69, 9.17) is 15.0 Å².